The zero-order valence-electron chi connectivity index (χ0n) is 41.6. The minimum absolute atomic E-state index is 0.0812. The molecule has 0 unspecified atom stereocenters. The summed E-state index contributed by atoms with van der Waals surface area (Å²) in [4.78, 5) is 38.0. The molecule has 0 bridgehead atoms. The molecule has 0 aromatic carbocycles. The van der Waals surface area contributed by atoms with E-state index >= 15 is 0 Å². The second kappa shape index (κ2) is 51.7. The van der Waals surface area contributed by atoms with Crippen LogP contribution in [0.4, 0.5) is 0 Å². The maximum absolute atomic E-state index is 12.8. The van der Waals surface area contributed by atoms with Crippen molar-refractivity contribution in [2.24, 2.45) is 0 Å². The first kappa shape index (κ1) is 60.1. The van der Waals surface area contributed by atoms with E-state index in [2.05, 4.69) is 81.5 Å². The highest BCUT2D eigenvalue weighted by atomic mass is 16.6. The van der Waals surface area contributed by atoms with Crippen LogP contribution < -0.4 is 0 Å². The summed E-state index contributed by atoms with van der Waals surface area (Å²) in [6.45, 7) is 6.51. The number of ether oxygens (including phenoxy) is 3. The van der Waals surface area contributed by atoms with E-state index in [0.29, 0.717) is 19.3 Å². The molecule has 63 heavy (non-hydrogen) atoms. The van der Waals surface area contributed by atoms with Gasteiger partial charge in [-0.3, -0.25) is 14.4 Å². The Balaban J connectivity index is 4.40. The molecule has 0 heterocycles. The van der Waals surface area contributed by atoms with Crippen LogP contribution in [-0.4, -0.2) is 37.2 Å². The van der Waals surface area contributed by atoms with Gasteiger partial charge in [0.25, 0.3) is 0 Å². The van der Waals surface area contributed by atoms with Crippen LogP contribution in [0.5, 0.6) is 0 Å². The molecule has 0 saturated heterocycles. The summed E-state index contributed by atoms with van der Waals surface area (Å²) in [5.41, 5.74) is 0. The second-order valence-corrected chi connectivity index (χ2v) is 17.8. The normalized spacial score (nSPS) is 12.5. The van der Waals surface area contributed by atoms with Crippen molar-refractivity contribution in [2.75, 3.05) is 13.2 Å². The summed E-state index contributed by atoms with van der Waals surface area (Å²) in [6, 6.07) is 0. The fraction of sp³-hybridized carbons (Fsp3) is 0.772. The van der Waals surface area contributed by atoms with E-state index in [9.17, 15) is 14.4 Å². The number of carbonyl (C=O) groups is 3. The summed E-state index contributed by atoms with van der Waals surface area (Å²) in [7, 11) is 0. The number of esters is 3. The van der Waals surface area contributed by atoms with Gasteiger partial charge in [-0.25, -0.2) is 0 Å². The molecule has 0 aliphatic carbocycles. The first-order chi connectivity index (χ1) is 31.0. The predicted octanol–water partition coefficient (Wildman–Crippen LogP) is 17.6. The summed E-state index contributed by atoms with van der Waals surface area (Å²) in [5, 5.41) is 0. The van der Waals surface area contributed by atoms with E-state index in [4.69, 9.17) is 14.2 Å². The third kappa shape index (κ3) is 50.0. The second-order valence-electron chi connectivity index (χ2n) is 17.8. The highest BCUT2D eigenvalue weighted by molar-refractivity contribution is 5.71. The summed E-state index contributed by atoms with van der Waals surface area (Å²) < 4.78 is 16.8. The Morgan fingerprint density at radius 1 is 0.333 bits per heavy atom. The van der Waals surface area contributed by atoms with Crippen LogP contribution in [0.15, 0.2) is 60.8 Å². The van der Waals surface area contributed by atoms with Crippen LogP contribution in [0.25, 0.3) is 0 Å². The summed E-state index contributed by atoms with van der Waals surface area (Å²) in [5.74, 6) is -0.906. The monoisotopic (exact) mass is 881 g/mol. The number of carbonyl (C=O) groups excluding carboxylic acids is 3. The lowest BCUT2D eigenvalue weighted by atomic mass is 10.0. The van der Waals surface area contributed by atoms with Crippen LogP contribution in [-0.2, 0) is 28.6 Å². The molecule has 0 fully saturated rings. The molecular weight excluding hydrogens is 781 g/mol. The number of allylic oxidation sites excluding steroid dienone is 10. The molecule has 0 aromatic heterocycles. The van der Waals surface area contributed by atoms with Gasteiger partial charge in [-0.1, -0.05) is 242 Å². The molecule has 0 aliphatic heterocycles. The Kier molecular flexibility index (Phi) is 49.4. The van der Waals surface area contributed by atoms with Gasteiger partial charge in [-0.05, 0) is 64.2 Å². The SMILES string of the molecule is CC/C=C\C/C=C\C/C=C\C/C=C\C/C=C\CCCCCC(=O)OC[C@H](COC(=O)CCCCCCCCCCCCCCC)OC(=O)CCCCCCCCCCCCCCC. The third-order valence-electron chi connectivity index (χ3n) is 11.5. The smallest absolute Gasteiger partial charge is 0.306 e. The molecule has 1 atom stereocenters. The average molecular weight is 881 g/mol. The summed E-state index contributed by atoms with van der Waals surface area (Å²) >= 11 is 0. The molecule has 0 amide bonds. The Hall–Kier alpha value is -2.89. The molecule has 0 saturated carbocycles. The van der Waals surface area contributed by atoms with E-state index in [0.717, 1.165) is 96.3 Å². The molecule has 6 heteroatoms. The van der Waals surface area contributed by atoms with Crippen molar-refractivity contribution in [2.45, 2.75) is 271 Å². The molecular formula is C57H100O6. The summed E-state index contributed by atoms with van der Waals surface area (Å²) in [6.07, 6.45) is 63.4. The Morgan fingerprint density at radius 3 is 0.968 bits per heavy atom. The van der Waals surface area contributed by atoms with E-state index in [-0.39, 0.29) is 31.1 Å². The number of rotatable bonds is 48. The number of hydrogen-bond donors (Lipinski definition) is 0. The Morgan fingerprint density at radius 2 is 0.619 bits per heavy atom. The van der Waals surface area contributed by atoms with Gasteiger partial charge in [-0.2, -0.15) is 0 Å². The molecule has 0 N–H and O–H groups in total. The lowest BCUT2D eigenvalue weighted by molar-refractivity contribution is -0.167. The zero-order valence-corrected chi connectivity index (χ0v) is 41.6. The van der Waals surface area contributed by atoms with E-state index in [1.807, 2.05) is 0 Å². The van der Waals surface area contributed by atoms with Gasteiger partial charge in [-0.15, -0.1) is 0 Å². The molecule has 0 radical (unpaired) electrons. The van der Waals surface area contributed by atoms with E-state index < -0.39 is 6.10 Å². The quantitative estimate of drug-likeness (QED) is 0.0262. The molecule has 0 aromatic rings. The fourth-order valence-corrected chi connectivity index (χ4v) is 7.53. The van der Waals surface area contributed by atoms with Gasteiger partial charge >= 0.3 is 17.9 Å². The molecule has 0 spiro atoms. The van der Waals surface area contributed by atoms with Crippen molar-refractivity contribution in [3.05, 3.63) is 60.8 Å². The predicted molar refractivity (Wildman–Crippen MR) is 270 cm³/mol. The van der Waals surface area contributed by atoms with Crippen molar-refractivity contribution in [3.63, 3.8) is 0 Å². The van der Waals surface area contributed by atoms with Gasteiger partial charge in [0.1, 0.15) is 13.2 Å². The molecule has 6 nitrogen and oxygen atoms in total. The van der Waals surface area contributed by atoms with Crippen LogP contribution in [0.3, 0.4) is 0 Å². The number of hydrogen-bond acceptors (Lipinski definition) is 6. The largest absolute Gasteiger partial charge is 0.462 e. The Bertz CT molecular complexity index is 1150. The zero-order chi connectivity index (χ0) is 45.8. The minimum Gasteiger partial charge on any atom is -0.462 e. The molecule has 0 rings (SSSR count). The van der Waals surface area contributed by atoms with Crippen molar-refractivity contribution in [3.8, 4) is 0 Å². The number of unbranched alkanes of at least 4 members (excludes halogenated alkanes) is 27. The van der Waals surface area contributed by atoms with Gasteiger partial charge < -0.3 is 14.2 Å². The Labute approximate surface area is 390 Å². The highest BCUT2D eigenvalue weighted by Crippen LogP contribution is 2.16. The van der Waals surface area contributed by atoms with Crippen molar-refractivity contribution in [1.29, 1.82) is 0 Å². The maximum Gasteiger partial charge on any atom is 0.306 e. The topological polar surface area (TPSA) is 78.9 Å². The van der Waals surface area contributed by atoms with E-state index in [1.165, 1.54) is 128 Å². The van der Waals surface area contributed by atoms with Gasteiger partial charge in [0.15, 0.2) is 6.10 Å². The lowest BCUT2D eigenvalue weighted by Gasteiger charge is -2.18. The lowest BCUT2D eigenvalue weighted by Crippen LogP contribution is -2.30. The molecule has 364 valence electrons. The van der Waals surface area contributed by atoms with Crippen LogP contribution in [0.2, 0.25) is 0 Å². The van der Waals surface area contributed by atoms with Crippen LogP contribution in [0.1, 0.15) is 265 Å². The van der Waals surface area contributed by atoms with E-state index in [1.54, 1.807) is 0 Å². The van der Waals surface area contributed by atoms with Crippen molar-refractivity contribution < 1.29 is 28.6 Å². The third-order valence-corrected chi connectivity index (χ3v) is 11.5. The minimum atomic E-state index is -0.783. The first-order valence-electron chi connectivity index (χ1n) is 26.8. The highest BCUT2D eigenvalue weighted by Gasteiger charge is 2.19. The van der Waals surface area contributed by atoms with Crippen LogP contribution in [0, 0.1) is 0 Å². The van der Waals surface area contributed by atoms with Gasteiger partial charge in [0, 0.05) is 19.3 Å². The fourth-order valence-electron chi connectivity index (χ4n) is 7.53. The van der Waals surface area contributed by atoms with Crippen LogP contribution >= 0.6 is 0 Å². The molecule has 0 aliphatic rings. The maximum atomic E-state index is 12.8. The van der Waals surface area contributed by atoms with Crippen molar-refractivity contribution in [1.82, 2.24) is 0 Å². The standard InChI is InChI=1S/C57H100O6/c1-4-7-10-13-16-19-22-25-26-27-28-29-30-33-35-38-41-44-47-50-56(59)62-53-54(63-57(60)51-48-45-42-39-36-32-24-21-18-15-12-9-6-3)52-61-55(58)49-46-43-40-37-34-31-23-20-17-14-11-8-5-2/h7,10,16,19,25-26,28-29,33,35,54H,4-6,8-9,11-15,17-18,20-24,27,30-32,34,36-53H2,1-3H3/b10-7-,19-16-,26-25-,29-28-,35-33-/t54-/m0/s1. The first-order valence-corrected chi connectivity index (χ1v) is 26.8. The van der Waals surface area contributed by atoms with Gasteiger partial charge in [0.05, 0.1) is 0 Å². The average Bonchev–Trinajstić information content (AvgIpc) is 3.28. The van der Waals surface area contributed by atoms with Crippen molar-refractivity contribution >= 4 is 17.9 Å². The van der Waals surface area contributed by atoms with Gasteiger partial charge in [0.2, 0.25) is 0 Å².